The standard InChI is InChI=1S/C13H16BrFN4/c14-3-4-18-5-7-19(8-6-18)13-16-11-2-1-10(15)9-12(11)17-13/h1-2,9H,3-8H2,(H,16,17). The van der Waals surface area contributed by atoms with E-state index < -0.39 is 0 Å². The molecule has 3 rings (SSSR count). The molecule has 1 aliphatic heterocycles. The number of nitrogens with one attached hydrogen (secondary N) is 1. The predicted octanol–water partition coefficient (Wildman–Crippen LogP) is 2.22. The van der Waals surface area contributed by atoms with Gasteiger partial charge in [0, 0.05) is 38.1 Å². The van der Waals surface area contributed by atoms with E-state index in [1.807, 2.05) is 0 Å². The van der Waals surface area contributed by atoms with Crippen LogP contribution in [0.25, 0.3) is 11.0 Å². The van der Waals surface area contributed by atoms with E-state index in [1.165, 1.54) is 12.1 Å². The molecule has 6 heteroatoms. The van der Waals surface area contributed by atoms with E-state index in [4.69, 9.17) is 0 Å². The monoisotopic (exact) mass is 326 g/mol. The summed E-state index contributed by atoms with van der Waals surface area (Å²) >= 11 is 3.47. The summed E-state index contributed by atoms with van der Waals surface area (Å²) < 4.78 is 13.2. The molecule has 1 aromatic carbocycles. The normalized spacial score (nSPS) is 17.3. The first-order chi connectivity index (χ1) is 9.26. The lowest BCUT2D eigenvalue weighted by atomic mass is 10.3. The van der Waals surface area contributed by atoms with Crippen molar-refractivity contribution < 1.29 is 4.39 Å². The number of fused-ring (bicyclic) bond motifs is 1. The van der Waals surface area contributed by atoms with Gasteiger partial charge in [0.15, 0.2) is 0 Å². The zero-order chi connectivity index (χ0) is 13.2. The molecule has 0 aliphatic carbocycles. The van der Waals surface area contributed by atoms with Crippen LogP contribution >= 0.6 is 15.9 Å². The third-order valence-electron chi connectivity index (χ3n) is 3.50. The number of aromatic amines is 1. The number of nitrogens with zero attached hydrogens (tertiary/aromatic N) is 3. The fourth-order valence-electron chi connectivity index (χ4n) is 2.42. The molecule has 1 aromatic heterocycles. The molecule has 0 atom stereocenters. The molecular weight excluding hydrogens is 311 g/mol. The lowest BCUT2D eigenvalue weighted by Crippen LogP contribution is -2.47. The van der Waals surface area contributed by atoms with Crippen LogP contribution in [0.15, 0.2) is 18.2 Å². The van der Waals surface area contributed by atoms with Gasteiger partial charge in [-0.15, -0.1) is 0 Å². The van der Waals surface area contributed by atoms with Gasteiger partial charge in [-0.05, 0) is 18.2 Å². The molecule has 4 nitrogen and oxygen atoms in total. The van der Waals surface area contributed by atoms with Crippen LogP contribution in [0.5, 0.6) is 0 Å². The Labute approximate surface area is 119 Å². The lowest BCUT2D eigenvalue weighted by molar-refractivity contribution is 0.273. The van der Waals surface area contributed by atoms with Crippen molar-refractivity contribution in [3.63, 3.8) is 0 Å². The Balaban J connectivity index is 1.74. The van der Waals surface area contributed by atoms with Gasteiger partial charge in [-0.1, -0.05) is 15.9 Å². The van der Waals surface area contributed by atoms with Crippen LogP contribution in [0.2, 0.25) is 0 Å². The van der Waals surface area contributed by atoms with Gasteiger partial charge in [-0.2, -0.15) is 0 Å². The van der Waals surface area contributed by atoms with Gasteiger partial charge in [0.1, 0.15) is 5.82 Å². The van der Waals surface area contributed by atoms with Gasteiger partial charge < -0.3 is 9.88 Å². The van der Waals surface area contributed by atoms with Crippen LogP contribution in [-0.4, -0.2) is 52.9 Å². The maximum atomic E-state index is 13.2. The predicted molar refractivity (Wildman–Crippen MR) is 78.5 cm³/mol. The Morgan fingerprint density at radius 1 is 1.26 bits per heavy atom. The van der Waals surface area contributed by atoms with E-state index in [1.54, 1.807) is 6.07 Å². The number of hydrogen-bond acceptors (Lipinski definition) is 3. The molecule has 0 saturated carbocycles. The Morgan fingerprint density at radius 2 is 2.05 bits per heavy atom. The van der Waals surface area contributed by atoms with Crippen molar-refractivity contribution in [2.45, 2.75) is 0 Å². The van der Waals surface area contributed by atoms with Crippen LogP contribution in [0.4, 0.5) is 10.3 Å². The summed E-state index contributed by atoms with van der Waals surface area (Å²) in [5, 5.41) is 1.01. The second kappa shape index (κ2) is 5.46. The molecule has 1 fully saturated rings. The molecule has 0 unspecified atom stereocenters. The van der Waals surface area contributed by atoms with Crippen molar-refractivity contribution in [1.82, 2.24) is 14.9 Å². The smallest absolute Gasteiger partial charge is 0.203 e. The van der Waals surface area contributed by atoms with Crippen molar-refractivity contribution in [3.05, 3.63) is 24.0 Å². The Morgan fingerprint density at radius 3 is 2.79 bits per heavy atom. The van der Waals surface area contributed by atoms with E-state index in [0.717, 1.165) is 55.0 Å². The molecule has 0 radical (unpaired) electrons. The van der Waals surface area contributed by atoms with Gasteiger partial charge in [0.25, 0.3) is 0 Å². The first kappa shape index (κ1) is 12.9. The third kappa shape index (κ3) is 2.74. The number of halogens is 2. The summed E-state index contributed by atoms with van der Waals surface area (Å²) in [7, 11) is 0. The molecule has 19 heavy (non-hydrogen) atoms. The van der Waals surface area contributed by atoms with Crippen LogP contribution in [0.3, 0.4) is 0 Å². The van der Waals surface area contributed by atoms with Gasteiger partial charge >= 0.3 is 0 Å². The largest absolute Gasteiger partial charge is 0.340 e. The fourth-order valence-corrected chi connectivity index (χ4v) is 2.92. The van der Waals surface area contributed by atoms with Crippen molar-refractivity contribution in [1.29, 1.82) is 0 Å². The molecule has 1 aliphatic rings. The van der Waals surface area contributed by atoms with E-state index in [0.29, 0.717) is 0 Å². The van der Waals surface area contributed by atoms with Crippen molar-refractivity contribution in [3.8, 4) is 0 Å². The van der Waals surface area contributed by atoms with Gasteiger partial charge in [-0.25, -0.2) is 9.37 Å². The summed E-state index contributed by atoms with van der Waals surface area (Å²) in [5.74, 6) is 0.615. The Kier molecular flexibility index (Phi) is 3.70. The number of imidazole rings is 1. The summed E-state index contributed by atoms with van der Waals surface area (Å²) in [4.78, 5) is 12.4. The third-order valence-corrected chi connectivity index (χ3v) is 3.86. The zero-order valence-electron chi connectivity index (χ0n) is 10.6. The Bertz CT molecular complexity index is 563. The SMILES string of the molecule is Fc1ccc2nc(N3CCN(CCBr)CC3)[nH]c2c1. The average Bonchev–Trinajstić information content (AvgIpc) is 2.83. The minimum absolute atomic E-state index is 0.232. The highest BCUT2D eigenvalue weighted by atomic mass is 79.9. The fraction of sp³-hybridized carbons (Fsp3) is 0.462. The highest BCUT2D eigenvalue weighted by Crippen LogP contribution is 2.19. The number of piperazine rings is 1. The summed E-state index contributed by atoms with van der Waals surface area (Å²) in [5.41, 5.74) is 1.58. The summed E-state index contributed by atoms with van der Waals surface area (Å²) in [6.45, 7) is 5.07. The van der Waals surface area contributed by atoms with E-state index >= 15 is 0 Å². The quantitative estimate of drug-likeness (QED) is 0.878. The second-order valence-electron chi connectivity index (χ2n) is 4.74. The summed E-state index contributed by atoms with van der Waals surface area (Å²) in [6.07, 6.45) is 0. The number of alkyl halides is 1. The molecule has 0 amide bonds. The molecule has 0 spiro atoms. The molecule has 0 bridgehead atoms. The van der Waals surface area contributed by atoms with Crippen LogP contribution in [0, 0.1) is 5.82 Å². The molecule has 1 saturated heterocycles. The molecule has 2 aromatic rings. The van der Waals surface area contributed by atoms with E-state index in [9.17, 15) is 4.39 Å². The number of hydrogen-bond donors (Lipinski definition) is 1. The minimum Gasteiger partial charge on any atom is -0.340 e. The van der Waals surface area contributed by atoms with E-state index in [2.05, 4.69) is 35.7 Å². The first-order valence-corrected chi connectivity index (χ1v) is 7.57. The highest BCUT2D eigenvalue weighted by Gasteiger charge is 2.18. The molecule has 102 valence electrons. The molecular formula is C13H16BrFN4. The molecule has 2 heterocycles. The molecule has 1 N–H and O–H groups in total. The van der Waals surface area contributed by atoms with Crippen molar-refractivity contribution in [2.75, 3.05) is 43.0 Å². The van der Waals surface area contributed by atoms with Crippen molar-refractivity contribution >= 4 is 32.9 Å². The van der Waals surface area contributed by atoms with Crippen LogP contribution in [-0.2, 0) is 0 Å². The second-order valence-corrected chi connectivity index (χ2v) is 5.53. The average molecular weight is 327 g/mol. The Hall–Kier alpha value is -1.14. The van der Waals surface area contributed by atoms with Crippen LogP contribution in [0.1, 0.15) is 0 Å². The number of H-pyrrole nitrogens is 1. The topological polar surface area (TPSA) is 35.2 Å². The van der Waals surface area contributed by atoms with Crippen molar-refractivity contribution in [2.24, 2.45) is 0 Å². The lowest BCUT2D eigenvalue weighted by Gasteiger charge is -2.34. The maximum absolute atomic E-state index is 13.2. The van der Waals surface area contributed by atoms with Gasteiger partial charge in [-0.3, -0.25) is 4.90 Å². The van der Waals surface area contributed by atoms with Gasteiger partial charge in [0.05, 0.1) is 11.0 Å². The highest BCUT2D eigenvalue weighted by molar-refractivity contribution is 9.09. The zero-order valence-corrected chi connectivity index (χ0v) is 12.2. The van der Waals surface area contributed by atoms with E-state index in [-0.39, 0.29) is 5.82 Å². The maximum Gasteiger partial charge on any atom is 0.203 e. The number of anilines is 1. The van der Waals surface area contributed by atoms with Gasteiger partial charge in [0.2, 0.25) is 5.95 Å². The first-order valence-electron chi connectivity index (χ1n) is 6.45. The number of benzene rings is 1. The number of aromatic nitrogens is 2. The minimum atomic E-state index is -0.232. The number of rotatable bonds is 3. The van der Waals surface area contributed by atoms with Crippen LogP contribution < -0.4 is 4.90 Å². The summed E-state index contributed by atoms with van der Waals surface area (Å²) in [6, 6.07) is 4.65.